The molecule has 0 aliphatic rings. The van der Waals surface area contributed by atoms with Gasteiger partial charge in [-0.15, -0.1) is 6.42 Å². The predicted octanol–water partition coefficient (Wildman–Crippen LogP) is 3.34. The van der Waals surface area contributed by atoms with Crippen LogP contribution in [-0.4, -0.2) is 42.1 Å². The predicted molar refractivity (Wildman–Crippen MR) is 94.9 cm³/mol. The fourth-order valence-corrected chi connectivity index (χ4v) is 2.81. The van der Waals surface area contributed by atoms with Crippen molar-refractivity contribution in [2.75, 3.05) is 27.2 Å². The Labute approximate surface area is 136 Å². The molecule has 0 spiro atoms. The van der Waals surface area contributed by atoms with Crippen LogP contribution in [-0.2, 0) is 0 Å². The number of benzene rings is 1. The summed E-state index contributed by atoms with van der Waals surface area (Å²) in [6.07, 6.45) is 8.32. The number of pyridine rings is 1. The number of aromatic nitrogens is 2. The van der Waals surface area contributed by atoms with E-state index in [4.69, 9.17) is 11.2 Å². The van der Waals surface area contributed by atoms with E-state index in [-0.39, 0.29) is 0 Å². The molecule has 0 saturated carbocycles. The van der Waals surface area contributed by atoms with E-state index in [1.165, 1.54) is 0 Å². The summed E-state index contributed by atoms with van der Waals surface area (Å²) in [5.74, 6) is 3.58. The van der Waals surface area contributed by atoms with Crippen molar-refractivity contribution < 1.29 is 4.74 Å². The number of aryl methyl sites for hydroxylation is 1. The van der Waals surface area contributed by atoms with E-state index < -0.39 is 0 Å². The van der Waals surface area contributed by atoms with Gasteiger partial charge in [0.2, 0.25) is 0 Å². The Balaban J connectivity index is 1.96. The Kier molecular flexibility index (Phi) is 4.22. The van der Waals surface area contributed by atoms with Crippen molar-refractivity contribution in [3.05, 3.63) is 35.7 Å². The number of hydrogen-bond donors (Lipinski definition) is 1. The van der Waals surface area contributed by atoms with Crippen LogP contribution >= 0.6 is 0 Å². The minimum absolute atomic E-state index is 0.674. The van der Waals surface area contributed by atoms with Gasteiger partial charge in [0.05, 0.1) is 17.6 Å². The molecular formula is C19H21N3O. The maximum atomic E-state index is 5.95. The fraction of sp³-hybridized carbons (Fsp3) is 0.316. The van der Waals surface area contributed by atoms with Gasteiger partial charge in [-0.25, -0.2) is 4.98 Å². The highest BCUT2D eigenvalue weighted by Crippen LogP contribution is 2.32. The summed E-state index contributed by atoms with van der Waals surface area (Å²) in [5, 5.41) is 2.10. The topological polar surface area (TPSA) is 41.1 Å². The number of aromatic amines is 1. The van der Waals surface area contributed by atoms with E-state index in [1.807, 2.05) is 6.07 Å². The molecule has 3 rings (SSSR count). The van der Waals surface area contributed by atoms with Crippen LogP contribution in [0.4, 0.5) is 0 Å². The van der Waals surface area contributed by atoms with Crippen LogP contribution in [0.2, 0.25) is 0 Å². The number of rotatable bonds is 5. The van der Waals surface area contributed by atoms with Crippen LogP contribution in [0.1, 0.15) is 17.7 Å². The van der Waals surface area contributed by atoms with E-state index in [9.17, 15) is 0 Å². The van der Waals surface area contributed by atoms with Crippen molar-refractivity contribution in [2.45, 2.75) is 13.3 Å². The number of nitrogens with one attached hydrogen (secondary N) is 1. The Morgan fingerprint density at radius 1 is 1.30 bits per heavy atom. The second kappa shape index (κ2) is 6.31. The highest BCUT2D eigenvalue weighted by molar-refractivity contribution is 6.09. The van der Waals surface area contributed by atoms with Gasteiger partial charge in [0.25, 0.3) is 0 Å². The number of hydrogen-bond acceptors (Lipinski definition) is 3. The second-order valence-electron chi connectivity index (χ2n) is 6.02. The summed E-state index contributed by atoms with van der Waals surface area (Å²) in [7, 11) is 4.14. The Bertz CT molecular complexity index is 887. The second-order valence-corrected chi connectivity index (χ2v) is 6.02. The molecule has 4 heteroatoms. The zero-order valence-electron chi connectivity index (χ0n) is 13.8. The molecule has 0 fully saturated rings. The summed E-state index contributed by atoms with van der Waals surface area (Å²) < 4.78 is 5.95. The molecular weight excluding hydrogens is 286 g/mol. The van der Waals surface area contributed by atoms with Crippen LogP contribution in [0.5, 0.6) is 5.75 Å². The van der Waals surface area contributed by atoms with Crippen molar-refractivity contribution in [3.8, 4) is 18.1 Å². The molecule has 0 atom stereocenters. The Morgan fingerprint density at radius 2 is 2.13 bits per heavy atom. The molecule has 23 heavy (non-hydrogen) atoms. The lowest BCUT2D eigenvalue weighted by Gasteiger charge is -2.12. The van der Waals surface area contributed by atoms with Gasteiger partial charge in [0, 0.05) is 29.6 Å². The van der Waals surface area contributed by atoms with Gasteiger partial charge < -0.3 is 14.6 Å². The molecule has 0 unspecified atom stereocenters. The highest BCUT2D eigenvalue weighted by Gasteiger charge is 2.11. The first-order valence-electron chi connectivity index (χ1n) is 7.75. The molecule has 4 nitrogen and oxygen atoms in total. The molecule has 1 N–H and O–H groups in total. The molecule has 3 aromatic rings. The third-order valence-electron chi connectivity index (χ3n) is 3.95. The number of nitrogens with zero attached hydrogens (tertiary/aromatic N) is 2. The molecule has 2 heterocycles. The maximum Gasteiger partial charge on any atom is 0.124 e. The monoisotopic (exact) mass is 307 g/mol. The third kappa shape index (κ3) is 3.01. The normalized spacial score (nSPS) is 11.3. The molecule has 2 aromatic heterocycles. The summed E-state index contributed by atoms with van der Waals surface area (Å²) >= 11 is 0. The van der Waals surface area contributed by atoms with Crippen molar-refractivity contribution in [2.24, 2.45) is 0 Å². The number of ether oxygens (including phenoxy) is 1. The minimum atomic E-state index is 0.674. The van der Waals surface area contributed by atoms with Gasteiger partial charge in [-0.05, 0) is 51.1 Å². The number of H-pyrrole nitrogens is 1. The average molecular weight is 307 g/mol. The number of fused-ring (bicyclic) bond motifs is 3. The molecule has 0 aliphatic heterocycles. The van der Waals surface area contributed by atoms with Gasteiger partial charge >= 0.3 is 0 Å². The smallest absolute Gasteiger partial charge is 0.124 e. The van der Waals surface area contributed by atoms with E-state index in [2.05, 4.69) is 53.9 Å². The Morgan fingerprint density at radius 3 is 2.87 bits per heavy atom. The van der Waals surface area contributed by atoms with Crippen LogP contribution in [0.3, 0.4) is 0 Å². The maximum absolute atomic E-state index is 5.95. The lowest BCUT2D eigenvalue weighted by molar-refractivity contribution is 0.280. The van der Waals surface area contributed by atoms with E-state index in [1.54, 1.807) is 6.20 Å². The van der Waals surface area contributed by atoms with Crippen LogP contribution in [0, 0.1) is 19.3 Å². The van der Waals surface area contributed by atoms with Gasteiger partial charge in [-0.3, -0.25) is 0 Å². The van der Waals surface area contributed by atoms with Crippen molar-refractivity contribution >= 4 is 21.8 Å². The molecule has 0 bridgehead atoms. The largest absolute Gasteiger partial charge is 0.493 e. The SMILES string of the molecule is C#Cc1nccc2[nH]c3cc(OCCCN(C)C)c(C)cc3c12. The van der Waals surface area contributed by atoms with Crippen LogP contribution in [0.15, 0.2) is 24.4 Å². The van der Waals surface area contributed by atoms with Crippen LogP contribution in [0.25, 0.3) is 21.8 Å². The summed E-state index contributed by atoms with van der Waals surface area (Å²) in [5.41, 5.74) is 3.81. The quantitative estimate of drug-likeness (QED) is 0.580. The molecule has 0 aliphatic carbocycles. The molecule has 1 aromatic carbocycles. The lowest BCUT2D eigenvalue weighted by atomic mass is 10.1. The van der Waals surface area contributed by atoms with E-state index in [0.29, 0.717) is 12.3 Å². The lowest BCUT2D eigenvalue weighted by Crippen LogP contribution is -2.15. The standard InChI is InChI=1S/C19H21N3O/c1-5-15-19-14-11-13(2)18(23-10-6-9-22(3)4)12-17(14)21-16(19)7-8-20-15/h1,7-8,11-12,21H,6,9-10H2,2-4H3. The summed E-state index contributed by atoms with van der Waals surface area (Å²) in [6.45, 7) is 3.79. The first-order valence-corrected chi connectivity index (χ1v) is 7.75. The summed E-state index contributed by atoms with van der Waals surface area (Å²) in [4.78, 5) is 9.85. The van der Waals surface area contributed by atoms with Crippen molar-refractivity contribution in [3.63, 3.8) is 0 Å². The van der Waals surface area contributed by atoms with Crippen LogP contribution < -0.4 is 4.74 Å². The van der Waals surface area contributed by atoms with Crippen molar-refractivity contribution in [1.82, 2.24) is 14.9 Å². The van der Waals surface area contributed by atoms with Crippen molar-refractivity contribution in [1.29, 1.82) is 0 Å². The van der Waals surface area contributed by atoms with Gasteiger partial charge in [-0.2, -0.15) is 0 Å². The Hall–Kier alpha value is -2.51. The summed E-state index contributed by atoms with van der Waals surface area (Å²) in [6, 6.07) is 6.13. The first-order chi connectivity index (χ1) is 11.1. The minimum Gasteiger partial charge on any atom is -0.493 e. The zero-order chi connectivity index (χ0) is 16.4. The van der Waals surface area contributed by atoms with E-state index >= 15 is 0 Å². The van der Waals surface area contributed by atoms with Gasteiger partial charge in [0.15, 0.2) is 0 Å². The average Bonchev–Trinajstić information content (AvgIpc) is 2.88. The first kappa shape index (κ1) is 15.4. The van der Waals surface area contributed by atoms with Gasteiger partial charge in [0.1, 0.15) is 11.4 Å². The van der Waals surface area contributed by atoms with Gasteiger partial charge in [-0.1, -0.05) is 0 Å². The third-order valence-corrected chi connectivity index (χ3v) is 3.95. The molecule has 118 valence electrons. The number of terminal acetylenes is 1. The fourth-order valence-electron chi connectivity index (χ4n) is 2.81. The highest BCUT2D eigenvalue weighted by atomic mass is 16.5. The molecule has 0 saturated heterocycles. The zero-order valence-corrected chi connectivity index (χ0v) is 13.8. The molecule has 0 radical (unpaired) electrons. The molecule has 0 amide bonds. The van der Waals surface area contributed by atoms with E-state index in [0.717, 1.165) is 46.1 Å².